The SMILES string of the molecule is CC(O)(c1ccc2c(c1)C1(OCCCO1)C(=O)N2c1ccc(F)c(F)c1)c1ccccc1C(F)(F)F. The standard InChI is InChI=1S/C26H20F5NO4/c1-24(34,17-5-2-3-6-18(17)26(29,30)31)15-7-10-22-19(13-15)25(35-11-4-12-36-25)23(33)32(22)16-8-9-20(27)21(28)14-16/h2-3,5-10,13-14,34H,4,11-12H2,1H3. The number of nitrogens with zero attached hydrogens (tertiary/aromatic N) is 1. The van der Waals surface area contributed by atoms with Crippen molar-refractivity contribution in [1.29, 1.82) is 0 Å². The first-order valence-electron chi connectivity index (χ1n) is 11.1. The number of anilines is 2. The molecule has 188 valence electrons. The maximum Gasteiger partial charge on any atom is 0.416 e. The average Bonchev–Trinajstić information content (AvgIpc) is 3.08. The van der Waals surface area contributed by atoms with Crippen molar-refractivity contribution >= 4 is 17.3 Å². The molecule has 1 N–H and O–H groups in total. The number of rotatable bonds is 3. The number of alkyl halides is 3. The lowest BCUT2D eigenvalue weighted by atomic mass is 9.83. The molecule has 1 fully saturated rings. The molecule has 1 saturated heterocycles. The van der Waals surface area contributed by atoms with E-state index in [2.05, 4.69) is 0 Å². The van der Waals surface area contributed by atoms with Crippen LogP contribution in [0.3, 0.4) is 0 Å². The molecule has 0 bridgehead atoms. The van der Waals surface area contributed by atoms with Gasteiger partial charge in [0.25, 0.3) is 11.7 Å². The van der Waals surface area contributed by atoms with Crippen LogP contribution in [0, 0.1) is 11.6 Å². The molecule has 0 aliphatic carbocycles. The van der Waals surface area contributed by atoms with E-state index >= 15 is 0 Å². The van der Waals surface area contributed by atoms with E-state index in [1.807, 2.05) is 0 Å². The van der Waals surface area contributed by atoms with Gasteiger partial charge in [0.1, 0.15) is 5.60 Å². The molecule has 2 aliphatic rings. The smallest absolute Gasteiger partial charge is 0.381 e. The van der Waals surface area contributed by atoms with E-state index < -0.39 is 40.7 Å². The van der Waals surface area contributed by atoms with Gasteiger partial charge in [-0.1, -0.05) is 24.3 Å². The first-order valence-corrected chi connectivity index (χ1v) is 11.1. The van der Waals surface area contributed by atoms with E-state index in [-0.39, 0.29) is 41.3 Å². The Kier molecular flexibility index (Phi) is 5.66. The number of hydrogen-bond acceptors (Lipinski definition) is 4. The molecular formula is C26H20F5NO4. The largest absolute Gasteiger partial charge is 0.416 e. The molecule has 5 nitrogen and oxygen atoms in total. The summed E-state index contributed by atoms with van der Waals surface area (Å²) in [6, 6.07) is 11.7. The minimum Gasteiger partial charge on any atom is -0.381 e. The van der Waals surface area contributed by atoms with E-state index in [1.54, 1.807) is 0 Å². The summed E-state index contributed by atoms with van der Waals surface area (Å²) >= 11 is 0. The number of benzene rings is 3. The first-order chi connectivity index (χ1) is 17.0. The summed E-state index contributed by atoms with van der Waals surface area (Å²) in [6.45, 7) is 1.51. The summed E-state index contributed by atoms with van der Waals surface area (Å²) in [5.41, 5.74) is -3.09. The van der Waals surface area contributed by atoms with Gasteiger partial charge in [-0.15, -0.1) is 0 Å². The van der Waals surface area contributed by atoms with Gasteiger partial charge in [-0.3, -0.25) is 9.69 Å². The number of halogens is 5. The summed E-state index contributed by atoms with van der Waals surface area (Å²) < 4.78 is 80.2. The van der Waals surface area contributed by atoms with Crippen LogP contribution in [0.4, 0.5) is 33.3 Å². The highest BCUT2D eigenvalue weighted by Crippen LogP contribution is 2.50. The Morgan fingerprint density at radius 3 is 2.22 bits per heavy atom. The van der Waals surface area contributed by atoms with Crippen molar-refractivity contribution in [3.05, 3.63) is 94.6 Å². The second kappa shape index (κ2) is 8.36. The number of amides is 1. The van der Waals surface area contributed by atoms with E-state index in [4.69, 9.17) is 9.47 Å². The maximum absolute atomic E-state index is 14.0. The molecule has 0 aromatic heterocycles. The Morgan fingerprint density at radius 2 is 1.58 bits per heavy atom. The molecular weight excluding hydrogens is 485 g/mol. The molecule has 3 aromatic rings. The predicted octanol–water partition coefficient (Wildman–Crippen LogP) is 5.51. The summed E-state index contributed by atoms with van der Waals surface area (Å²) in [5.74, 6) is -4.94. The van der Waals surface area contributed by atoms with Gasteiger partial charge in [0.15, 0.2) is 11.6 Å². The van der Waals surface area contributed by atoms with E-state index in [9.17, 15) is 31.9 Å². The van der Waals surface area contributed by atoms with Crippen molar-refractivity contribution in [2.24, 2.45) is 0 Å². The summed E-state index contributed by atoms with van der Waals surface area (Å²) in [7, 11) is 0. The lowest BCUT2D eigenvalue weighted by Crippen LogP contribution is -2.46. The molecule has 0 radical (unpaired) electrons. The third kappa shape index (κ3) is 3.68. The van der Waals surface area contributed by atoms with Crippen LogP contribution in [0.2, 0.25) is 0 Å². The van der Waals surface area contributed by atoms with E-state index in [1.165, 1.54) is 49.4 Å². The van der Waals surface area contributed by atoms with Gasteiger partial charge in [-0.25, -0.2) is 8.78 Å². The fourth-order valence-electron chi connectivity index (χ4n) is 4.67. The minimum atomic E-state index is -4.71. The summed E-state index contributed by atoms with van der Waals surface area (Å²) in [5, 5.41) is 11.4. The molecule has 36 heavy (non-hydrogen) atoms. The molecule has 0 saturated carbocycles. The van der Waals surface area contributed by atoms with Crippen LogP contribution in [0.25, 0.3) is 0 Å². The number of ether oxygens (including phenoxy) is 2. The quantitative estimate of drug-likeness (QED) is 0.477. The van der Waals surface area contributed by atoms with Crippen molar-refractivity contribution in [2.75, 3.05) is 18.1 Å². The van der Waals surface area contributed by atoms with Gasteiger partial charge in [0.2, 0.25) is 0 Å². The van der Waals surface area contributed by atoms with Crippen LogP contribution < -0.4 is 4.90 Å². The third-order valence-electron chi connectivity index (χ3n) is 6.46. The van der Waals surface area contributed by atoms with Gasteiger partial charge < -0.3 is 14.6 Å². The highest BCUT2D eigenvalue weighted by Gasteiger charge is 2.56. The number of fused-ring (bicyclic) bond motifs is 2. The normalized spacial score (nSPS) is 18.9. The number of hydrogen-bond donors (Lipinski definition) is 1. The highest BCUT2D eigenvalue weighted by molar-refractivity contribution is 6.11. The van der Waals surface area contributed by atoms with Gasteiger partial charge in [-0.05, 0) is 54.8 Å². The van der Waals surface area contributed by atoms with E-state index in [0.29, 0.717) is 6.42 Å². The zero-order chi connectivity index (χ0) is 25.9. The molecule has 1 spiro atoms. The van der Waals surface area contributed by atoms with Gasteiger partial charge in [-0.2, -0.15) is 13.2 Å². The lowest BCUT2D eigenvalue weighted by Gasteiger charge is -2.33. The molecule has 2 heterocycles. The van der Waals surface area contributed by atoms with Crippen LogP contribution in [0.15, 0.2) is 60.7 Å². The Balaban J connectivity index is 1.68. The summed E-state index contributed by atoms with van der Waals surface area (Å²) in [6.07, 6.45) is -4.22. The first kappa shape index (κ1) is 24.4. The predicted molar refractivity (Wildman–Crippen MR) is 118 cm³/mol. The average molecular weight is 505 g/mol. The molecule has 2 aliphatic heterocycles. The van der Waals surface area contributed by atoms with E-state index in [0.717, 1.165) is 23.1 Å². The van der Waals surface area contributed by atoms with Crippen LogP contribution in [-0.2, 0) is 31.8 Å². The molecule has 10 heteroatoms. The Hall–Kier alpha value is -3.34. The molecule has 3 aromatic carbocycles. The van der Waals surface area contributed by atoms with Crippen LogP contribution in [0.1, 0.15) is 35.6 Å². The Bertz CT molecular complexity index is 1350. The maximum atomic E-state index is 14.0. The van der Waals surface area contributed by atoms with Gasteiger partial charge in [0, 0.05) is 11.6 Å². The van der Waals surface area contributed by atoms with Crippen LogP contribution in [-0.4, -0.2) is 24.2 Å². The second-order valence-corrected chi connectivity index (χ2v) is 8.75. The van der Waals surface area contributed by atoms with Crippen molar-refractivity contribution in [3.63, 3.8) is 0 Å². The lowest BCUT2D eigenvalue weighted by molar-refractivity contribution is -0.256. The monoisotopic (exact) mass is 505 g/mol. The van der Waals surface area contributed by atoms with Gasteiger partial charge >= 0.3 is 6.18 Å². The molecule has 1 unspecified atom stereocenters. The molecule has 1 atom stereocenters. The van der Waals surface area contributed by atoms with Crippen LogP contribution >= 0.6 is 0 Å². The fourth-order valence-corrected chi connectivity index (χ4v) is 4.67. The Labute approximate surface area is 202 Å². The molecule has 1 amide bonds. The van der Waals surface area contributed by atoms with Crippen molar-refractivity contribution in [3.8, 4) is 0 Å². The van der Waals surface area contributed by atoms with Crippen molar-refractivity contribution < 1.29 is 41.3 Å². The zero-order valence-corrected chi connectivity index (χ0v) is 18.9. The number of aliphatic hydroxyl groups is 1. The second-order valence-electron chi connectivity index (χ2n) is 8.75. The zero-order valence-electron chi connectivity index (χ0n) is 18.9. The van der Waals surface area contributed by atoms with Gasteiger partial charge in [0.05, 0.1) is 30.2 Å². The number of carbonyl (C=O) groups excluding carboxylic acids is 1. The van der Waals surface area contributed by atoms with Crippen molar-refractivity contribution in [1.82, 2.24) is 0 Å². The number of carbonyl (C=O) groups is 1. The highest BCUT2D eigenvalue weighted by atomic mass is 19.4. The molecule has 5 rings (SSSR count). The topological polar surface area (TPSA) is 59.0 Å². The van der Waals surface area contributed by atoms with Crippen molar-refractivity contribution in [2.45, 2.75) is 30.9 Å². The third-order valence-corrected chi connectivity index (χ3v) is 6.46. The Morgan fingerprint density at radius 1 is 0.917 bits per heavy atom. The van der Waals surface area contributed by atoms with Crippen LogP contribution in [0.5, 0.6) is 0 Å². The summed E-state index contributed by atoms with van der Waals surface area (Å²) in [4.78, 5) is 14.7. The minimum absolute atomic E-state index is 0.0109. The fraction of sp³-hybridized carbons (Fsp3) is 0.269.